The highest BCUT2D eigenvalue weighted by atomic mass is 35.5. The molecule has 6 rings (SSSR count). The predicted molar refractivity (Wildman–Crippen MR) is 145 cm³/mol. The summed E-state index contributed by atoms with van der Waals surface area (Å²) in [5.41, 5.74) is 11.8. The Hall–Kier alpha value is -4.17. The Labute approximate surface area is 223 Å². The Morgan fingerprint density at radius 2 is 1.97 bits per heavy atom. The summed E-state index contributed by atoms with van der Waals surface area (Å²) in [6.45, 7) is 4.08. The molecule has 5 aromatic rings. The van der Waals surface area contributed by atoms with Gasteiger partial charge in [0.25, 0.3) is 0 Å². The van der Waals surface area contributed by atoms with Gasteiger partial charge in [0.1, 0.15) is 17.6 Å². The summed E-state index contributed by atoms with van der Waals surface area (Å²) < 4.78 is 3.65. The first kappa shape index (κ1) is 24.2. The number of pyridine rings is 1. The Balaban J connectivity index is 1.26. The molecule has 3 N–H and O–H groups in total. The number of nitrogens with two attached hydrogens (primary N) is 1. The summed E-state index contributed by atoms with van der Waals surface area (Å²) in [6, 6.07) is 14.0. The van der Waals surface area contributed by atoms with Gasteiger partial charge in [0, 0.05) is 34.5 Å². The number of Topliss-reactive ketones (excluding diaryl/α,β-unsaturated/α-hetero) is 1. The fourth-order valence-corrected chi connectivity index (χ4v) is 5.85. The van der Waals surface area contributed by atoms with E-state index >= 15 is 0 Å². The van der Waals surface area contributed by atoms with E-state index in [-0.39, 0.29) is 16.9 Å². The fraction of sp³-hybridized carbons (Fsp3) is 0.241. The molecule has 1 aliphatic carbocycles. The van der Waals surface area contributed by atoms with Crippen molar-refractivity contribution < 1.29 is 14.7 Å². The average molecular weight is 528 g/mol. The van der Waals surface area contributed by atoms with Crippen molar-refractivity contribution in [3.63, 3.8) is 0 Å². The summed E-state index contributed by atoms with van der Waals surface area (Å²) in [7, 11) is 0. The fourth-order valence-electron chi connectivity index (χ4n) is 5.57. The summed E-state index contributed by atoms with van der Waals surface area (Å²) in [5, 5.41) is 15.6. The van der Waals surface area contributed by atoms with Crippen LogP contribution in [0.4, 0.5) is 0 Å². The lowest BCUT2D eigenvalue weighted by atomic mass is 9.71. The van der Waals surface area contributed by atoms with Crippen LogP contribution < -0.4 is 5.73 Å². The maximum Gasteiger partial charge on any atom is 0.248 e. The number of amides is 1. The molecule has 2 aromatic carbocycles. The molecule has 3 aromatic heterocycles. The zero-order chi connectivity index (χ0) is 26.8. The molecule has 192 valence electrons. The molecule has 0 saturated carbocycles. The van der Waals surface area contributed by atoms with Gasteiger partial charge >= 0.3 is 0 Å². The van der Waals surface area contributed by atoms with Gasteiger partial charge < -0.3 is 10.8 Å². The lowest BCUT2D eigenvalue weighted by Crippen LogP contribution is -2.28. The standard InChI is InChI=1S/C29H26ClN5O3/c1-16-3-8-25(36)27-20-13-29(2,10-9-22(20)33-35(16)27)14-26(37)19-6-5-18(12-21(19)30)34-15-32-23-11-17(28(31)38)4-7-24(23)34/h3-8,11-12,15,36H,9-10,13-14H2,1-2H3,(H2,31,38)/t29-/m1/s1. The molecule has 38 heavy (non-hydrogen) atoms. The van der Waals surface area contributed by atoms with Crippen LogP contribution in [0.5, 0.6) is 5.75 Å². The topological polar surface area (TPSA) is 116 Å². The first-order chi connectivity index (χ1) is 18.1. The van der Waals surface area contributed by atoms with Crippen LogP contribution in [0.2, 0.25) is 5.02 Å². The van der Waals surface area contributed by atoms with E-state index in [4.69, 9.17) is 22.4 Å². The zero-order valence-corrected chi connectivity index (χ0v) is 21.8. The number of imidazole rings is 1. The molecule has 0 fully saturated rings. The van der Waals surface area contributed by atoms with Gasteiger partial charge in [0.05, 0.1) is 21.7 Å². The molecular formula is C29H26ClN5O3. The minimum Gasteiger partial charge on any atom is -0.506 e. The summed E-state index contributed by atoms with van der Waals surface area (Å²) in [4.78, 5) is 29.3. The van der Waals surface area contributed by atoms with Crippen molar-refractivity contribution in [3.8, 4) is 11.4 Å². The lowest BCUT2D eigenvalue weighted by molar-refractivity contribution is 0.0908. The number of ketones is 1. The molecule has 1 atom stereocenters. The van der Waals surface area contributed by atoms with Crippen molar-refractivity contribution in [2.75, 3.05) is 0 Å². The number of carbonyl (C=O) groups excluding carboxylic acids is 2. The van der Waals surface area contributed by atoms with E-state index < -0.39 is 5.91 Å². The molecule has 0 aliphatic heterocycles. The second-order valence-electron chi connectivity index (χ2n) is 10.5. The molecular weight excluding hydrogens is 502 g/mol. The van der Waals surface area contributed by atoms with Crippen LogP contribution >= 0.6 is 11.6 Å². The van der Waals surface area contributed by atoms with Gasteiger partial charge in [-0.2, -0.15) is 5.10 Å². The SMILES string of the molecule is Cc1ccc(O)c2c3c(nn12)CC[C@@](C)(CC(=O)c1ccc(-n2cnc4cc(C(N)=O)ccc42)cc1Cl)C3. The second kappa shape index (κ2) is 8.70. The molecule has 0 bridgehead atoms. The van der Waals surface area contributed by atoms with Gasteiger partial charge in [0.2, 0.25) is 5.91 Å². The number of aromatic nitrogens is 4. The number of halogens is 1. The van der Waals surface area contributed by atoms with Crippen LogP contribution in [0.15, 0.2) is 54.9 Å². The van der Waals surface area contributed by atoms with E-state index in [0.29, 0.717) is 34.5 Å². The minimum atomic E-state index is -0.510. The van der Waals surface area contributed by atoms with E-state index in [2.05, 4.69) is 11.9 Å². The second-order valence-corrected chi connectivity index (χ2v) is 10.9. The molecule has 1 amide bonds. The number of rotatable bonds is 5. The summed E-state index contributed by atoms with van der Waals surface area (Å²) in [6.07, 6.45) is 4.20. The van der Waals surface area contributed by atoms with Crippen molar-refractivity contribution in [1.82, 2.24) is 19.2 Å². The average Bonchev–Trinajstić information content (AvgIpc) is 3.47. The van der Waals surface area contributed by atoms with Crippen molar-refractivity contribution in [2.45, 2.75) is 39.5 Å². The number of benzene rings is 2. The van der Waals surface area contributed by atoms with Crippen molar-refractivity contribution in [3.05, 3.63) is 88.0 Å². The number of carbonyl (C=O) groups is 2. The first-order valence-corrected chi connectivity index (χ1v) is 12.8. The van der Waals surface area contributed by atoms with Crippen LogP contribution in [0.25, 0.3) is 22.2 Å². The number of fused-ring (bicyclic) bond motifs is 4. The van der Waals surface area contributed by atoms with E-state index in [1.165, 1.54) is 0 Å². The number of nitrogens with zero attached hydrogens (tertiary/aromatic N) is 4. The maximum absolute atomic E-state index is 13.5. The van der Waals surface area contributed by atoms with E-state index in [1.54, 1.807) is 47.2 Å². The number of hydrogen-bond acceptors (Lipinski definition) is 5. The zero-order valence-electron chi connectivity index (χ0n) is 21.0. The van der Waals surface area contributed by atoms with Crippen LogP contribution in [0, 0.1) is 12.3 Å². The number of aromatic hydroxyl groups is 1. The third-order valence-corrected chi connectivity index (χ3v) is 7.96. The third kappa shape index (κ3) is 3.92. The summed E-state index contributed by atoms with van der Waals surface area (Å²) >= 11 is 6.64. The highest BCUT2D eigenvalue weighted by molar-refractivity contribution is 6.34. The number of aryl methyl sites for hydroxylation is 2. The van der Waals surface area contributed by atoms with E-state index in [9.17, 15) is 14.7 Å². The largest absolute Gasteiger partial charge is 0.506 e. The Morgan fingerprint density at radius 1 is 1.16 bits per heavy atom. The monoisotopic (exact) mass is 527 g/mol. The highest BCUT2D eigenvalue weighted by Gasteiger charge is 2.36. The van der Waals surface area contributed by atoms with Crippen LogP contribution in [-0.2, 0) is 12.8 Å². The van der Waals surface area contributed by atoms with Gasteiger partial charge in [-0.3, -0.25) is 14.2 Å². The smallest absolute Gasteiger partial charge is 0.248 e. The number of hydrogen-bond donors (Lipinski definition) is 2. The predicted octanol–water partition coefficient (Wildman–Crippen LogP) is 5.21. The van der Waals surface area contributed by atoms with Gasteiger partial charge in [-0.1, -0.05) is 18.5 Å². The normalized spacial score (nSPS) is 17.1. The van der Waals surface area contributed by atoms with Gasteiger partial charge in [0.15, 0.2) is 5.78 Å². The van der Waals surface area contributed by atoms with Crippen molar-refractivity contribution in [1.29, 1.82) is 0 Å². The molecule has 1 aliphatic rings. The Morgan fingerprint density at radius 3 is 2.74 bits per heavy atom. The molecule has 8 nitrogen and oxygen atoms in total. The maximum atomic E-state index is 13.5. The highest BCUT2D eigenvalue weighted by Crippen LogP contribution is 2.42. The van der Waals surface area contributed by atoms with Crippen molar-refractivity contribution in [2.24, 2.45) is 11.1 Å². The molecule has 9 heteroatoms. The van der Waals surface area contributed by atoms with E-state index in [0.717, 1.165) is 46.5 Å². The van der Waals surface area contributed by atoms with Gasteiger partial charge in [-0.15, -0.1) is 0 Å². The van der Waals surface area contributed by atoms with Crippen LogP contribution in [-0.4, -0.2) is 36.0 Å². The Bertz CT molecular complexity index is 1790. The molecule has 0 saturated heterocycles. The molecule has 0 spiro atoms. The third-order valence-electron chi connectivity index (χ3n) is 7.65. The van der Waals surface area contributed by atoms with Gasteiger partial charge in [-0.05, 0) is 80.1 Å². The van der Waals surface area contributed by atoms with Gasteiger partial charge in [-0.25, -0.2) is 9.50 Å². The quantitative estimate of drug-likeness (QED) is 0.304. The lowest BCUT2D eigenvalue weighted by Gasteiger charge is -2.32. The number of primary amides is 1. The van der Waals surface area contributed by atoms with Crippen molar-refractivity contribution >= 4 is 39.8 Å². The first-order valence-electron chi connectivity index (χ1n) is 12.4. The van der Waals surface area contributed by atoms with Crippen LogP contribution in [0.1, 0.15) is 57.4 Å². The minimum absolute atomic E-state index is 0.0223. The molecule has 0 unspecified atom stereocenters. The summed E-state index contributed by atoms with van der Waals surface area (Å²) in [5.74, 6) is -0.328. The van der Waals surface area contributed by atoms with Crippen LogP contribution in [0.3, 0.4) is 0 Å². The van der Waals surface area contributed by atoms with E-state index in [1.807, 2.05) is 23.6 Å². The molecule has 3 heterocycles. The Kier molecular flexibility index (Phi) is 5.54. The molecule has 0 radical (unpaired) electrons.